The first-order chi connectivity index (χ1) is 9.19. The average molecular weight is 321 g/mol. The van der Waals surface area contributed by atoms with Crippen molar-refractivity contribution < 1.29 is 4.42 Å². The van der Waals surface area contributed by atoms with Crippen LogP contribution in [-0.2, 0) is 0 Å². The van der Waals surface area contributed by atoms with E-state index in [0.717, 1.165) is 24.1 Å². The van der Waals surface area contributed by atoms with Crippen molar-refractivity contribution in [2.24, 2.45) is 0 Å². The second kappa shape index (κ2) is 4.83. The number of piperazine rings is 1. The lowest BCUT2D eigenvalue weighted by molar-refractivity contribution is 0.456. The highest BCUT2D eigenvalue weighted by atomic mass is 79.9. The zero-order valence-corrected chi connectivity index (χ0v) is 12.1. The van der Waals surface area contributed by atoms with Crippen molar-refractivity contribution in [3.63, 3.8) is 0 Å². The van der Waals surface area contributed by atoms with Crippen molar-refractivity contribution in [1.82, 2.24) is 10.3 Å². The Hall–Kier alpha value is -1.58. The molecule has 1 N–H and O–H groups in total. The number of nitrogens with one attached hydrogen (secondary N) is 1. The van der Waals surface area contributed by atoms with Gasteiger partial charge in [-0.25, -0.2) is 0 Å². The second-order valence-corrected chi connectivity index (χ2v) is 5.52. The van der Waals surface area contributed by atoms with Crippen molar-refractivity contribution in [3.05, 3.63) is 22.2 Å². The minimum atomic E-state index is 0.344. The lowest BCUT2D eigenvalue weighted by atomic mass is 10.2. The van der Waals surface area contributed by atoms with Gasteiger partial charge in [-0.2, -0.15) is 10.2 Å². The molecule has 2 aromatic rings. The van der Waals surface area contributed by atoms with Gasteiger partial charge in [-0.3, -0.25) is 0 Å². The van der Waals surface area contributed by atoms with E-state index in [-0.39, 0.29) is 0 Å². The van der Waals surface area contributed by atoms with Crippen LogP contribution >= 0.6 is 15.9 Å². The summed E-state index contributed by atoms with van der Waals surface area (Å²) >= 11 is 3.43. The molecule has 19 heavy (non-hydrogen) atoms. The van der Waals surface area contributed by atoms with Crippen molar-refractivity contribution in [2.45, 2.75) is 13.0 Å². The Morgan fingerprint density at radius 2 is 2.42 bits per heavy atom. The van der Waals surface area contributed by atoms with E-state index in [4.69, 9.17) is 9.68 Å². The molecule has 1 unspecified atom stereocenters. The number of fused-ring (bicyclic) bond motifs is 1. The Morgan fingerprint density at radius 1 is 1.58 bits per heavy atom. The van der Waals surface area contributed by atoms with Gasteiger partial charge in [0, 0.05) is 25.7 Å². The van der Waals surface area contributed by atoms with Crippen LogP contribution < -0.4 is 10.2 Å². The Kier molecular flexibility index (Phi) is 3.17. The van der Waals surface area contributed by atoms with Crippen molar-refractivity contribution in [2.75, 3.05) is 24.5 Å². The summed E-state index contributed by atoms with van der Waals surface area (Å²) in [4.78, 5) is 6.65. The van der Waals surface area contributed by atoms with Gasteiger partial charge >= 0.3 is 0 Å². The van der Waals surface area contributed by atoms with Gasteiger partial charge in [-0.1, -0.05) is 0 Å². The largest absolute Gasteiger partial charge is 0.422 e. The minimum Gasteiger partial charge on any atom is -0.422 e. The second-order valence-electron chi connectivity index (χ2n) is 4.66. The van der Waals surface area contributed by atoms with Gasteiger partial charge in [-0.15, -0.1) is 0 Å². The fourth-order valence-corrected chi connectivity index (χ4v) is 2.82. The van der Waals surface area contributed by atoms with Gasteiger partial charge in [0.25, 0.3) is 6.01 Å². The molecular formula is C13H13BrN4O. The summed E-state index contributed by atoms with van der Waals surface area (Å²) in [5.74, 6) is 0. The van der Waals surface area contributed by atoms with E-state index in [9.17, 15) is 0 Å². The van der Waals surface area contributed by atoms with Gasteiger partial charge in [0.05, 0.1) is 16.1 Å². The Morgan fingerprint density at radius 3 is 3.16 bits per heavy atom. The van der Waals surface area contributed by atoms with Crippen LogP contribution in [0.4, 0.5) is 6.01 Å². The predicted octanol–water partition coefficient (Wildman–Crippen LogP) is 2.26. The summed E-state index contributed by atoms with van der Waals surface area (Å²) in [7, 11) is 0. The molecule has 1 aliphatic heterocycles. The van der Waals surface area contributed by atoms with Crippen LogP contribution in [0.25, 0.3) is 11.1 Å². The van der Waals surface area contributed by atoms with Gasteiger partial charge < -0.3 is 14.6 Å². The van der Waals surface area contributed by atoms with Crippen LogP contribution in [0.3, 0.4) is 0 Å². The van der Waals surface area contributed by atoms with Crippen LogP contribution in [0, 0.1) is 11.3 Å². The maximum absolute atomic E-state index is 8.97. The van der Waals surface area contributed by atoms with Crippen LogP contribution in [0.1, 0.15) is 12.5 Å². The third kappa shape index (κ3) is 2.20. The number of anilines is 1. The number of nitrogens with zero attached hydrogens (tertiary/aromatic N) is 3. The molecule has 0 aliphatic carbocycles. The van der Waals surface area contributed by atoms with Gasteiger partial charge in [0.15, 0.2) is 5.58 Å². The first-order valence-electron chi connectivity index (χ1n) is 6.16. The van der Waals surface area contributed by atoms with E-state index in [1.54, 1.807) is 12.1 Å². The first-order valence-corrected chi connectivity index (χ1v) is 6.96. The molecule has 0 radical (unpaired) electrons. The van der Waals surface area contributed by atoms with Gasteiger partial charge in [-0.05, 0) is 35.0 Å². The molecule has 1 saturated heterocycles. The summed E-state index contributed by atoms with van der Waals surface area (Å²) in [6.45, 7) is 4.85. The molecule has 5 nitrogen and oxygen atoms in total. The smallest absolute Gasteiger partial charge is 0.298 e. The highest BCUT2D eigenvalue weighted by molar-refractivity contribution is 9.10. The molecule has 2 heterocycles. The molecule has 98 valence electrons. The number of rotatable bonds is 1. The molecule has 1 atom stereocenters. The third-order valence-electron chi connectivity index (χ3n) is 3.31. The summed E-state index contributed by atoms with van der Waals surface area (Å²) < 4.78 is 6.61. The van der Waals surface area contributed by atoms with Crippen LogP contribution in [0.15, 0.2) is 21.0 Å². The molecule has 0 spiro atoms. The van der Waals surface area contributed by atoms with Crippen LogP contribution in [0.5, 0.6) is 0 Å². The summed E-state index contributed by atoms with van der Waals surface area (Å²) in [5, 5.41) is 12.3. The fourth-order valence-electron chi connectivity index (χ4n) is 2.29. The standard InChI is InChI=1S/C13H13BrN4O/c1-8-7-16-2-3-18(8)13-17-11-5-9(6-15)4-10(14)12(11)19-13/h4-5,8,16H,2-3,7H2,1H3. The lowest BCUT2D eigenvalue weighted by Crippen LogP contribution is -2.50. The van der Waals surface area contributed by atoms with E-state index < -0.39 is 0 Å². The van der Waals surface area contributed by atoms with Crippen molar-refractivity contribution in [3.8, 4) is 6.07 Å². The SMILES string of the molecule is CC1CNCCN1c1nc2cc(C#N)cc(Br)c2o1. The normalized spacial score (nSPS) is 19.6. The number of oxazole rings is 1. The molecule has 0 bridgehead atoms. The topological polar surface area (TPSA) is 65.1 Å². The first kappa shape index (κ1) is 12.5. The molecule has 1 fully saturated rings. The third-order valence-corrected chi connectivity index (χ3v) is 3.90. The van der Waals surface area contributed by atoms with Gasteiger partial charge in [0.1, 0.15) is 5.52 Å². The quantitative estimate of drug-likeness (QED) is 0.873. The Labute approximate surface area is 119 Å². The zero-order chi connectivity index (χ0) is 13.4. The monoisotopic (exact) mass is 320 g/mol. The zero-order valence-electron chi connectivity index (χ0n) is 10.5. The fraction of sp³-hybridized carbons (Fsp3) is 0.385. The average Bonchev–Trinajstić information content (AvgIpc) is 2.83. The number of halogens is 1. The molecule has 1 aliphatic rings. The maximum Gasteiger partial charge on any atom is 0.298 e. The number of hydrogen-bond donors (Lipinski definition) is 1. The van der Waals surface area contributed by atoms with Crippen LogP contribution in [0.2, 0.25) is 0 Å². The molecule has 1 aromatic carbocycles. The molecule has 0 amide bonds. The predicted molar refractivity (Wildman–Crippen MR) is 76.1 cm³/mol. The summed E-state index contributed by atoms with van der Waals surface area (Å²) in [6.07, 6.45) is 0. The molecular weight excluding hydrogens is 308 g/mol. The highest BCUT2D eigenvalue weighted by Crippen LogP contribution is 2.30. The van der Waals surface area contributed by atoms with E-state index in [1.165, 1.54) is 0 Å². The van der Waals surface area contributed by atoms with E-state index >= 15 is 0 Å². The molecule has 3 rings (SSSR count). The Balaban J connectivity index is 2.06. The summed E-state index contributed by atoms with van der Waals surface area (Å²) in [6, 6.07) is 6.59. The Bertz CT molecular complexity index is 660. The van der Waals surface area contributed by atoms with Gasteiger partial charge in [0.2, 0.25) is 0 Å². The molecule has 1 aromatic heterocycles. The van der Waals surface area contributed by atoms with Crippen molar-refractivity contribution in [1.29, 1.82) is 5.26 Å². The number of nitriles is 1. The number of aromatic nitrogens is 1. The molecule has 0 saturated carbocycles. The maximum atomic E-state index is 8.97. The van der Waals surface area contributed by atoms with E-state index in [2.05, 4.69) is 44.1 Å². The minimum absolute atomic E-state index is 0.344. The van der Waals surface area contributed by atoms with E-state index in [0.29, 0.717) is 28.7 Å². The highest BCUT2D eigenvalue weighted by Gasteiger charge is 2.23. The van der Waals surface area contributed by atoms with Crippen molar-refractivity contribution >= 4 is 33.0 Å². The van der Waals surface area contributed by atoms with E-state index in [1.807, 2.05) is 0 Å². The lowest BCUT2D eigenvalue weighted by Gasteiger charge is -2.32. The molecule has 6 heteroatoms. The number of hydrogen-bond acceptors (Lipinski definition) is 5. The summed E-state index contributed by atoms with van der Waals surface area (Å²) in [5.41, 5.74) is 1.99. The number of benzene rings is 1. The van der Waals surface area contributed by atoms with Crippen LogP contribution in [-0.4, -0.2) is 30.7 Å².